The third kappa shape index (κ3) is 2.71. The van der Waals surface area contributed by atoms with E-state index in [0.29, 0.717) is 0 Å². The van der Waals surface area contributed by atoms with Gasteiger partial charge in [0, 0.05) is 7.05 Å². The average molecular weight is 147 g/mol. The van der Waals surface area contributed by atoms with Gasteiger partial charge in [0.1, 0.15) is 0 Å². The van der Waals surface area contributed by atoms with E-state index < -0.39 is 0 Å². The van der Waals surface area contributed by atoms with Crippen LogP contribution in [0.5, 0.6) is 0 Å². The van der Waals surface area contributed by atoms with Gasteiger partial charge in [0.25, 0.3) is 0 Å². The van der Waals surface area contributed by atoms with Crippen LogP contribution in [0.2, 0.25) is 0 Å². The Labute approximate surface area is 82.7 Å². The molecule has 0 fully saturated rings. The molecule has 0 saturated carbocycles. The van der Waals surface area contributed by atoms with Crippen molar-refractivity contribution in [2.45, 2.75) is 0 Å². The van der Waals surface area contributed by atoms with Crippen LogP contribution in [0.25, 0.3) is 0 Å². The molecule has 0 unspecified atom stereocenters. The van der Waals surface area contributed by atoms with Crippen molar-refractivity contribution in [1.29, 1.82) is 0 Å². The van der Waals surface area contributed by atoms with Gasteiger partial charge in [-0.25, -0.2) is 0 Å². The van der Waals surface area contributed by atoms with Crippen molar-refractivity contribution in [3.63, 3.8) is 0 Å². The molecule has 0 aromatic heterocycles. The third-order valence-electron chi connectivity index (χ3n) is 1.13. The molecule has 0 aliphatic heterocycles. The minimum absolute atomic E-state index is 0. The molecule has 0 aliphatic carbocycles. The van der Waals surface area contributed by atoms with E-state index in [2.05, 4.69) is 0 Å². The van der Waals surface area contributed by atoms with E-state index in [0.717, 1.165) is 10.8 Å². The van der Waals surface area contributed by atoms with Crippen molar-refractivity contribution in [3.05, 3.63) is 30.3 Å². The molecule has 50 valence electrons. The molecule has 10 heavy (non-hydrogen) atoms. The Morgan fingerprint density at radius 2 is 1.70 bits per heavy atom. The van der Waals surface area contributed by atoms with E-state index in [1.165, 1.54) is 0 Å². The number of rotatable bonds is 1. The number of hydrogen-bond acceptors (Lipinski definition) is 2. The second kappa shape index (κ2) is 4.74. The molecule has 1 N–H and O–H groups in total. The van der Waals surface area contributed by atoms with E-state index in [-0.39, 0.29) is 29.6 Å². The fourth-order valence-corrected chi connectivity index (χ4v) is 0.644. The first kappa shape index (κ1) is 9.98. The molecule has 0 saturated heterocycles. The van der Waals surface area contributed by atoms with Crippen molar-refractivity contribution in [2.75, 3.05) is 12.1 Å². The Hall–Kier alpha value is -0.0200. The summed E-state index contributed by atoms with van der Waals surface area (Å²) in [6.45, 7) is 0. The first-order valence-electron chi connectivity index (χ1n) is 2.78. The second-order valence-corrected chi connectivity index (χ2v) is 1.86. The van der Waals surface area contributed by atoms with Crippen molar-refractivity contribution >= 4 is 35.2 Å². The van der Waals surface area contributed by atoms with E-state index in [1.54, 1.807) is 7.05 Å². The predicted octanol–water partition coefficient (Wildman–Crippen LogP) is 0.863. The Morgan fingerprint density at radius 1 is 1.20 bits per heavy atom. The fourth-order valence-electron chi connectivity index (χ4n) is 0.644. The summed E-state index contributed by atoms with van der Waals surface area (Å²) in [5.41, 5.74) is 0.803. The van der Waals surface area contributed by atoms with Crippen molar-refractivity contribution < 1.29 is 5.21 Å². The predicted molar refractivity (Wildman–Crippen MR) is 43.8 cm³/mol. The molecule has 0 radical (unpaired) electrons. The first-order chi connectivity index (χ1) is 4.30. The van der Waals surface area contributed by atoms with Gasteiger partial charge in [-0.2, -0.15) is 0 Å². The zero-order valence-electron chi connectivity index (χ0n) is 5.28. The van der Waals surface area contributed by atoms with Crippen molar-refractivity contribution in [2.24, 2.45) is 0 Å². The average Bonchev–Trinajstić information content (AvgIpc) is 1.90. The molecule has 2 nitrogen and oxygen atoms in total. The topological polar surface area (TPSA) is 23.5 Å². The van der Waals surface area contributed by atoms with Crippen LogP contribution in [0.3, 0.4) is 0 Å². The fraction of sp³-hybridized carbons (Fsp3) is 0.143. The monoisotopic (exact) mass is 147 g/mol. The standard InChI is InChI=1S/C7H9NO.Na.H/c1-8(9)7-5-3-2-4-6-7;;/h2-6,9H,1H3;;. The van der Waals surface area contributed by atoms with Gasteiger partial charge >= 0.3 is 29.6 Å². The maximum atomic E-state index is 8.86. The molecule has 1 aromatic carbocycles. The molecular weight excluding hydrogens is 137 g/mol. The maximum absolute atomic E-state index is 8.86. The van der Waals surface area contributed by atoms with E-state index >= 15 is 0 Å². The quantitative estimate of drug-likeness (QED) is 0.470. The van der Waals surface area contributed by atoms with Gasteiger partial charge in [0.15, 0.2) is 0 Å². The number of nitrogens with zero attached hydrogens (tertiary/aromatic N) is 1. The van der Waals surface area contributed by atoms with Crippen molar-refractivity contribution in [3.8, 4) is 0 Å². The summed E-state index contributed by atoms with van der Waals surface area (Å²) < 4.78 is 0. The first-order valence-corrected chi connectivity index (χ1v) is 2.78. The summed E-state index contributed by atoms with van der Waals surface area (Å²) in [5, 5.41) is 9.94. The zero-order valence-corrected chi connectivity index (χ0v) is 5.28. The molecule has 0 amide bonds. The number of anilines is 1. The van der Waals surface area contributed by atoms with Gasteiger partial charge in [0.05, 0.1) is 5.69 Å². The van der Waals surface area contributed by atoms with Crippen LogP contribution in [0.4, 0.5) is 5.69 Å². The SMILES string of the molecule is CN(O)c1ccccc1.[NaH]. The summed E-state index contributed by atoms with van der Waals surface area (Å²) in [4.78, 5) is 0. The molecule has 3 heteroatoms. The van der Waals surface area contributed by atoms with Crippen LogP contribution in [-0.4, -0.2) is 41.8 Å². The molecular formula is C7H10NNaO. The van der Waals surface area contributed by atoms with Gasteiger partial charge in [-0.15, -0.1) is 0 Å². The Kier molecular flexibility index (Phi) is 4.73. The molecule has 0 spiro atoms. The Balaban J connectivity index is 0.000000810. The summed E-state index contributed by atoms with van der Waals surface area (Å²) in [6.07, 6.45) is 0. The number of hydroxylamine groups is 1. The number of hydrogen-bond donors (Lipinski definition) is 1. The normalized spacial score (nSPS) is 8.20. The Bertz CT molecular complexity index is 176. The van der Waals surface area contributed by atoms with E-state index in [1.807, 2.05) is 30.3 Å². The van der Waals surface area contributed by atoms with Gasteiger partial charge in [0.2, 0.25) is 0 Å². The molecule has 0 atom stereocenters. The molecule has 0 heterocycles. The second-order valence-electron chi connectivity index (χ2n) is 1.86. The number of benzene rings is 1. The van der Waals surface area contributed by atoms with Crippen LogP contribution in [0.1, 0.15) is 0 Å². The summed E-state index contributed by atoms with van der Waals surface area (Å²) in [5.74, 6) is 0. The molecule has 0 aliphatic rings. The van der Waals surface area contributed by atoms with Crippen LogP contribution in [0.15, 0.2) is 30.3 Å². The Morgan fingerprint density at radius 3 is 2.00 bits per heavy atom. The van der Waals surface area contributed by atoms with Crippen LogP contribution in [-0.2, 0) is 0 Å². The zero-order chi connectivity index (χ0) is 6.69. The van der Waals surface area contributed by atoms with Gasteiger partial charge in [-0.3, -0.25) is 10.3 Å². The van der Waals surface area contributed by atoms with Gasteiger partial charge in [-0.05, 0) is 12.1 Å². The summed E-state index contributed by atoms with van der Waals surface area (Å²) in [6, 6.07) is 9.33. The molecule has 0 bridgehead atoms. The van der Waals surface area contributed by atoms with Crippen LogP contribution in [0, 0.1) is 0 Å². The summed E-state index contributed by atoms with van der Waals surface area (Å²) >= 11 is 0. The van der Waals surface area contributed by atoms with E-state index in [9.17, 15) is 0 Å². The third-order valence-corrected chi connectivity index (χ3v) is 1.13. The molecule has 1 rings (SSSR count). The van der Waals surface area contributed by atoms with Gasteiger partial charge < -0.3 is 0 Å². The summed E-state index contributed by atoms with van der Waals surface area (Å²) in [7, 11) is 1.59. The molecule has 1 aromatic rings. The van der Waals surface area contributed by atoms with E-state index in [4.69, 9.17) is 5.21 Å². The van der Waals surface area contributed by atoms with Crippen molar-refractivity contribution in [1.82, 2.24) is 0 Å². The number of para-hydroxylation sites is 1. The van der Waals surface area contributed by atoms with Gasteiger partial charge in [-0.1, -0.05) is 18.2 Å². The van der Waals surface area contributed by atoms with Crippen LogP contribution >= 0.6 is 0 Å². The minimum atomic E-state index is 0. The van der Waals surface area contributed by atoms with Crippen LogP contribution < -0.4 is 5.06 Å².